The molecule has 26 heteroatoms. The molecule has 8 bridgehead atoms. The summed E-state index contributed by atoms with van der Waals surface area (Å²) in [7, 11) is 6.00. The molecular weight excluding hydrogens is 1470 g/mol. The van der Waals surface area contributed by atoms with E-state index >= 15 is 28.8 Å². The minimum Gasteiger partial charge on any atom is -0.351 e. The zero-order chi connectivity index (χ0) is 82.4. The highest BCUT2D eigenvalue weighted by Crippen LogP contribution is 2.72. The van der Waals surface area contributed by atoms with Crippen molar-refractivity contribution in [3.8, 4) is 0 Å². The highest BCUT2D eigenvalue weighted by molar-refractivity contribution is 5.94. The molecule has 0 aromatic heterocycles. The van der Waals surface area contributed by atoms with E-state index in [0.29, 0.717) is 174 Å². The molecule has 18 aliphatic carbocycles. The molecule has 18 saturated carbocycles. The van der Waals surface area contributed by atoms with E-state index in [2.05, 4.69) is 60.1 Å². The Bertz CT molecular complexity index is 3430. The molecule has 0 spiro atoms. The zero-order valence-electron chi connectivity index (χ0n) is 72.1. The normalized spacial score (nSPS) is 50.3. The van der Waals surface area contributed by atoms with Gasteiger partial charge in [-0.05, 0) is 368 Å². The number of carbonyl (C=O) groups is 6. The maximum Gasteiger partial charge on any atom is 0.226 e. The van der Waals surface area contributed by atoms with Gasteiger partial charge in [0, 0.05) is 121 Å². The van der Waals surface area contributed by atoms with Crippen molar-refractivity contribution >= 4 is 35.4 Å². The first-order valence-corrected chi connectivity index (χ1v) is 48.1. The minimum atomic E-state index is -0.949. The molecule has 6 amide bonds. The number of carbonyl (C=O) groups excluding carboxylic acids is 6. The van der Waals surface area contributed by atoms with Crippen molar-refractivity contribution in [1.29, 1.82) is 0 Å². The van der Waals surface area contributed by atoms with Crippen LogP contribution in [0.4, 0.5) is 0 Å². The van der Waals surface area contributed by atoms with Gasteiger partial charge in [0.2, 0.25) is 35.4 Å². The molecule has 0 heterocycles. The molecule has 0 radical (unpaired) electrons. The number of hydrogen-bond acceptors (Lipinski definition) is 20. The Morgan fingerprint density at radius 1 is 0.231 bits per heavy atom. The van der Waals surface area contributed by atoms with Crippen molar-refractivity contribution in [2.45, 2.75) is 397 Å². The van der Waals surface area contributed by atoms with Gasteiger partial charge >= 0.3 is 0 Å². The van der Waals surface area contributed by atoms with Crippen LogP contribution in [0.5, 0.6) is 0 Å². The second kappa shape index (κ2) is 35.0. The second-order valence-electron chi connectivity index (χ2n) is 44.4. The number of nitrogens with one attached hydrogen (secondary N) is 10. The lowest BCUT2D eigenvalue weighted by Crippen LogP contribution is -2.70. The molecule has 117 heavy (non-hydrogen) atoms. The van der Waals surface area contributed by atoms with Crippen LogP contribution in [0.15, 0.2) is 0 Å². The fourth-order valence-electron chi connectivity index (χ4n) is 31.7. The van der Waals surface area contributed by atoms with E-state index < -0.39 is 32.5 Å². The Morgan fingerprint density at radius 2 is 0.376 bits per heavy atom. The third kappa shape index (κ3) is 17.3. The Kier molecular flexibility index (Phi) is 26.0. The quantitative estimate of drug-likeness (QED) is 0.0732. The van der Waals surface area contributed by atoms with Crippen LogP contribution in [0.2, 0.25) is 0 Å². The summed E-state index contributed by atoms with van der Waals surface area (Å²) in [5.41, 5.74) is 64.5. The number of rotatable bonds is 22. The van der Waals surface area contributed by atoms with Crippen LogP contribution in [0.1, 0.15) is 277 Å². The van der Waals surface area contributed by atoms with Crippen molar-refractivity contribution in [2.75, 3.05) is 27.7 Å². The molecule has 18 rings (SSSR count). The number of amides is 6. The maximum atomic E-state index is 15.8. The fraction of sp³-hybridized carbons (Fsp3) is 0.934. The molecule has 0 aliphatic heterocycles. The van der Waals surface area contributed by atoms with Gasteiger partial charge in [-0.15, -0.1) is 0 Å². The van der Waals surface area contributed by atoms with Crippen molar-refractivity contribution < 1.29 is 28.8 Å². The Labute approximate surface area is 699 Å². The summed E-state index contributed by atoms with van der Waals surface area (Å²) in [6.07, 6.45) is 33.7. The molecule has 660 valence electrons. The molecule has 18 fully saturated rings. The van der Waals surface area contributed by atoms with E-state index in [-0.39, 0.29) is 156 Å². The fourth-order valence-corrected chi connectivity index (χ4v) is 31.7. The predicted molar refractivity (Wildman–Crippen MR) is 458 cm³/mol. The molecule has 26 nitrogen and oxygen atoms in total. The molecule has 36 atom stereocenters. The summed E-state index contributed by atoms with van der Waals surface area (Å²) >= 11 is 0. The SMILES string of the molecule is CCNC1CCC(C2CCC(NC(=O)C34CC5CC(C(=O)NC6CCC(C7CCC(NC)C(N)C7)CC6N)(C3)CC(C(=O)NC3CCC(C6CCC(NC(=O)C78CC9CC(C(=O)NC%10CCC(C%11CCC(NC)C(N)C%11)CC%10N)(CC(C(=O)NC%10CCC(C%11CCC(NC)C(N)C%11)CC%10N)(C9)C7)C8)C(N)C6)CC3N)(C5)C4)C(N)C2)CC1N. The smallest absolute Gasteiger partial charge is 0.226 e. The number of nitrogens with two attached hydrogens (primary N) is 10. The van der Waals surface area contributed by atoms with E-state index in [1.165, 1.54) is 0 Å². The van der Waals surface area contributed by atoms with Gasteiger partial charge in [-0.3, -0.25) is 28.8 Å². The van der Waals surface area contributed by atoms with Crippen LogP contribution in [-0.2, 0) is 28.8 Å². The first-order valence-electron chi connectivity index (χ1n) is 48.1. The highest BCUT2D eigenvalue weighted by atomic mass is 16.2. The molecule has 30 N–H and O–H groups in total. The minimum absolute atomic E-state index is 0.00185. The van der Waals surface area contributed by atoms with E-state index in [9.17, 15) is 0 Å². The summed E-state index contributed by atoms with van der Waals surface area (Å²) in [5.74, 6) is 4.05. The first kappa shape index (κ1) is 86.8. The average molecular weight is 1630 g/mol. The molecule has 0 saturated heterocycles. The Balaban J connectivity index is 0.569. The maximum absolute atomic E-state index is 15.8. The van der Waals surface area contributed by atoms with E-state index in [1.54, 1.807) is 0 Å². The van der Waals surface area contributed by atoms with Gasteiger partial charge in [-0.2, -0.15) is 0 Å². The third-order valence-corrected chi connectivity index (χ3v) is 37.2. The summed E-state index contributed by atoms with van der Waals surface area (Å²) < 4.78 is 0. The first-order chi connectivity index (χ1) is 56.0. The van der Waals surface area contributed by atoms with Crippen molar-refractivity contribution in [2.24, 2.45) is 161 Å². The predicted octanol–water partition coefficient (Wildman–Crippen LogP) is 3.82. The van der Waals surface area contributed by atoms with Crippen molar-refractivity contribution in [3.05, 3.63) is 0 Å². The summed E-state index contributed by atoms with van der Waals surface area (Å²) in [6, 6.07) is -1.09. The highest BCUT2D eigenvalue weighted by Gasteiger charge is 2.72. The average Bonchev–Trinajstić information content (AvgIpc) is 0.691. The summed E-state index contributed by atoms with van der Waals surface area (Å²) in [6.45, 7) is 3.05. The third-order valence-electron chi connectivity index (χ3n) is 37.2. The summed E-state index contributed by atoms with van der Waals surface area (Å²) in [5, 5.41) is 35.2. The van der Waals surface area contributed by atoms with Gasteiger partial charge < -0.3 is 111 Å². The van der Waals surface area contributed by atoms with Gasteiger partial charge in [0.15, 0.2) is 0 Å². The number of likely N-dealkylation sites (N-methyl/N-ethyl adjacent to an activating group) is 4. The van der Waals surface area contributed by atoms with E-state index in [0.717, 1.165) is 173 Å². The van der Waals surface area contributed by atoms with Gasteiger partial charge in [-0.25, -0.2) is 0 Å². The Hall–Kier alpha value is -3.74. The summed E-state index contributed by atoms with van der Waals surface area (Å²) in [4.78, 5) is 94.2. The molecule has 18 aliphatic rings. The van der Waals surface area contributed by atoms with Gasteiger partial charge in [0.05, 0.1) is 32.5 Å². The number of hydrogen-bond donors (Lipinski definition) is 20. The molecular formula is C91H160N20O6. The molecule has 0 aromatic carbocycles. The topological polar surface area (TPSA) is 483 Å². The lowest BCUT2D eigenvalue weighted by atomic mass is 9.38. The van der Waals surface area contributed by atoms with Crippen LogP contribution >= 0.6 is 0 Å². The molecule has 0 aromatic rings. The van der Waals surface area contributed by atoms with Crippen LogP contribution in [0.25, 0.3) is 0 Å². The van der Waals surface area contributed by atoms with Crippen molar-refractivity contribution in [3.63, 3.8) is 0 Å². The van der Waals surface area contributed by atoms with Crippen LogP contribution in [0, 0.1) is 104 Å². The van der Waals surface area contributed by atoms with Crippen LogP contribution in [0.3, 0.4) is 0 Å². The van der Waals surface area contributed by atoms with Gasteiger partial charge in [-0.1, -0.05) is 6.92 Å². The largest absolute Gasteiger partial charge is 0.351 e. The van der Waals surface area contributed by atoms with Gasteiger partial charge in [0.1, 0.15) is 0 Å². The molecule has 36 unspecified atom stereocenters. The van der Waals surface area contributed by atoms with Gasteiger partial charge in [0.25, 0.3) is 0 Å². The lowest BCUT2D eigenvalue weighted by Gasteiger charge is -2.64. The monoisotopic (exact) mass is 1630 g/mol. The lowest BCUT2D eigenvalue weighted by molar-refractivity contribution is -0.190. The van der Waals surface area contributed by atoms with E-state index in [4.69, 9.17) is 57.3 Å². The van der Waals surface area contributed by atoms with Crippen molar-refractivity contribution in [1.82, 2.24) is 53.2 Å². The van der Waals surface area contributed by atoms with Crippen LogP contribution in [-0.4, -0.2) is 184 Å². The van der Waals surface area contributed by atoms with Crippen LogP contribution < -0.4 is 111 Å². The van der Waals surface area contributed by atoms with E-state index in [1.807, 2.05) is 21.1 Å². The standard InChI is InChI=1S/C91H160N20O6/c1-5-105-73-19-9-53(29-63(73)95)57-13-23-77(67(99)33-57)109-83(115)89-39-49-38-88(43-89,82(114)108-76-22-12-56(32-66(76)98)52-8-18-72(104-4)62(94)28-52)46-91(41-49,47-89)85(117)111-79-25-15-59(35-69(79)101)58-14-24-78(68(100)34-58)110-84(116)90-40-48-36-86(44-90,80(112)106-74-20-10-54(30-64(74)96)50-6-16-70(102-2)60(92)26-50)42-87(37-48,45-90)81(113)107-75-21-11-55(31-65(75)97)51-7-17-71(103-3)61(93)27-51/h48-79,102-105H,5-47,92-101H2,1-4H3,(H,106,112)(H,107,113)(H,108,114)(H,109,115)(H,110,116)(H,111,117). The Morgan fingerprint density at radius 3 is 0.513 bits per heavy atom. The second-order valence-corrected chi connectivity index (χ2v) is 44.4. The zero-order valence-corrected chi connectivity index (χ0v) is 72.1.